The number of aromatic nitrogens is 4. The molecule has 0 atom stereocenters. The molecule has 0 unspecified atom stereocenters. The van der Waals surface area contributed by atoms with E-state index in [2.05, 4.69) is 15.1 Å². The van der Waals surface area contributed by atoms with Crippen LogP contribution in [0.3, 0.4) is 0 Å². The predicted molar refractivity (Wildman–Crippen MR) is 71.8 cm³/mol. The molecule has 102 valence electrons. The molecule has 3 aromatic heterocycles. The molecule has 0 aromatic carbocycles. The van der Waals surface area contributed by atoms with Crippen LogP contribution in [0, 0.1) is 0 Å². The zero-order valence-electron chi connectivity index (χ0n) is 10.2. The van der Waals surface area contributed by atoms with E-state index in [9.17, 15) is 8.78 Å². The summed E-state index contributed by atoms with van der Waals surface area (Å²) in [5, 5.41) is 4.27. The van der Waals surface area contributed by atoms with Crippen LogP contribution in [0.4, 0.5) is 8.78 Å². The Morgan fingerprint density at radius 2 is 2.00 bits per heavy atom. The molecule has 0 saturated carbocycles. The van der Waals surface area contributed by atoms with Crippen LogP contribution in [-0.2, 0) is 6.54 Å². The van der Waals surface area contributed by atoms with E-state index in [1.807, 2.05) is 0 Å². The van der Waals surface area contributed by atoms with Gasteiger partial charge in [-0.05, 0) is 18.2 Å². The summed E-state index contributed by atoms with van der Waals surface area (Å²) in [5.74, 6) is 0. The second-order valence-corrected chi connectivity index (χ2v) is 4.63. The molecule has 3 rings (SSSR count). The van der Waals surface area contributed by atoms with E-state index < -0.39 is 13.0 Å². The van der Waals surface area contributed by atoms with Gasteiger partial charge in [0.1, 0.15) is 11.7 Å². The molecule has 0 aliphatic heterocycles. The summed E-state index contributed by atoms with van der Waals surface area (Å²) in [7, 11) is 0. The summed E-state index contributed by atoms with van der Waals surface area (Å²) in [6.45, 7) is -0.426. The lowest BCUT2D eigenvalue weighted by atomic mass is 10.1. The van der Waals surface area contributed by atoms with E-state index in [1.54, 1.807) is 30.6 Å². The van der Waals surface area contributed by atoms with Gasteiger partial charge in [0.25, 0.3) is 6.43 Å². The Bertz CT molecular complexity index is 757. The highest BCUT2D eigenvalue weighted by Crippen LogP contribution is 2.22. The number of pyridine rings is 2. The molecule has 0 aliphatic carbocycles. The molecule has 7 heteroatoms. The molecule has 0 amide bonds. The average Bonchev–Trinajstić information content (AvgIpc) is 2.85. The van der Waals surface area contributed by atoms with Crippen molar-refractivity contribution in [1.29, 1.82) is 0 Å². The van der Waals surface area contributed by atoms with Gasteiger partial charge in [0.15, 0.2) is 0 Å². The third-order valence-corrected chi connectivity index (χ3v) is 3.01. The largest absolute Gasteiger partial charge is 0.266 e. The van der Waals surface area contributed by atoms with E-state index in [4.69, 9.17) is 11.6 Å². The molecule has 3 aromatic rings. The van der Waals surface area contributed by atoms with Gasteiger partial charge in [0.05, 0.1) is 17.2 Å². The van der Waals surface area contributed by atoms with Gasteiger partial charge in [-0.25, -0.2) is 13.8 Å². The van der Waals surface area contributed by atoms with Crippen LogP contribution >= 0.6 is 11.6 Å². The Kier molecular flexibility index (Phi) is 3.31. The first-order valence-electron chi connectivity index (χ1n) is 5.85. The minimum absolute atomic E-state index is 0.379. The summed E-state index contributed by atoms with van der Waals surface area (Å²) in [6.07, 6.45) is 2.30. The standard InChI is InChI=1S/C13H9ClF2N4/c14-12-2-1-10-11(19-12)3-8(4-17-10)9-5-18-20(6-9)7-13(15)16/h1-6,13H,7H2. The molecule has 4 nitrogen and oxygen atoms in total. The SMILES string of the molecule is FC(F)Cn1cc(-c2cnc3ccc(Cl)nc3c2)cn1. The molecule has 3 heterocycles. The van der Waals surface area contributed by atoms with Crippen molar-refractivity contribution in [3.05, 3.63) is 41.9 Å². The number of hydrogen-bond acceptors (Lipinski definition) is 3. The second-order valence-electron chi connectivity index (χ2n) is 4.24. The van der Waals surface area contributed by atoms with E-state index in [0.29, 0.717) is 16.2 Å². The zero-order valence-corrected chi connectivity index (χ0v) is 10.9. The molecule has 0 spiro atoms. The van der Waals surface area contributed by atoms with Gasteiger partial charge in [-0.15, -0.1) is 0 Å². The Labute approximate surface area is 118 Å². The van der Waals surface area contributed by atoms with Crippen LogP contribution < -0.4 is 0 Å². The predicted octanol–water partition coefficient (Wildman–Crippen LogP) is 3.41. The van der Waals surface area contributed by atoms with Crippen molar-refractivity contribution in [2.75, 3.05) is 0 Å². The number of fused-ring (bicyclic) bond motifs is 1. The van der Waals surface area contributed by atoms with Gasteiger partial charge in [-0.1, -0.05) is 11.6 Å². The van der Waals surface area contributed by atoms with Crippen LogP contribution in [0.25, 0.3) is 22.2 Å². The van der Waals surface area contributed by atoms with Crippen molar-refractivity contribution in [2.45, 2.75) is 13.0 Å². The van der Waals surface area contributed by atoms with Gasteiger partial charge >= 0.3 is 0 Å². The first kappa shape index (κ1) is 12.9. The van der Waals surface area contributed by atoms with Crippen molar-refractivity contribution < 1.29 is 8.78 Å². The quantitative estimate of drug-likeness (QED) is 0.695. The number of alkyl halides is 2. The van der Waals surface area contributed by atoms with E-state index >= 15 is 0 Å². The molecule has 20 heavy (non-hydrogen) atoms. The van der Waals surface area contributed by atoms with Gasteiger partial charge < -0.3 is 0 Å². The highest BCUT2D eigenvalue weighted by atomic mass is 35.5. The third-order valence-electron chi connectivity index (χ3n) is 2.80. The maximum absolute atomic E-state index is 12.3. The summed E-state index contributed by atoms with van der Waals surface area (Å²) < 4.78 is 25.8. The summed E-state index contributed by atoms with van der Waals surface area (Å²) in [4.78, 5) is 8.44. The average molecular weight is 295 g/mol. The van der Waals surface area contributed by atoms with Crippen LogP contribution in [0.5, 0.6) is 0 Å². The fourth-order valence-corrected chi connectivity index (χ4v) is 2.05. The molecule has 0 radical (unpaired) electrons. The Morgan fingerprint density at radius 1 is 1.15 bits per heavy atom. The molecule has 0 saturated heterocycles. The Balaban J connectivity index is 1.99. The normalized spacial score (nSPS) is 11.4. The fraction of sp³-hybridized carbons (Fsp3) is 0.154. The smallest absolute Gasteiger partial charge is 0.257 e. The topological polar surface area (TPSA) is 43.6 Å². The third kappa shape index (κ3) is 2.60. The van der Waals surface area contributed by atoms with Crippen molar-refractivity contribution in [3.8, 4) is 11.1 Å². The minimum atomic E-state index is -2.43. The second kappa shape index (κ2) is 5.13. The summed E-state index contributed by atoms with van der Waals surface area (Å²) in [5.41, 5.74) is 2.84. The number of rotatable bonds is 3. The van der Waals surface area contributed by atoms with E-state index in [1.165, 1.54) is 10.9 Å². The lowest BCUT2D eigenvalue weighted by Gasteiger charge is -2.01. The summed E-state index contributed by atoms with van der Waals surface area (Å²) >= 11 is 5.84. The van der Waals surface area contributed by atoms with Crippen molar-refractivity contribution in [1.82, 2.24) is 19.7 Å². The number of nitrogens with zero attached hydrogens (tertiary/aromatic N) is 4. The highest BCUT2D eigenvalue weighted by Gasteiger charge is 2.08. The molecule has 0 bridgehead atoms. The van der Waals surface area contributed by atoms with Gasteiger partial charge in [-0.3, -0.25) is 9.67 Å². The maximum atomic E-state index is 12.3. The summed E-state index contributed by atoms with van der Waals surface area (Å²) in [6, 6.07) is 5.24. The number of hydrogen-bond donors (Lipinski definition) is 0. The highest BCUT2D eigenvalue weighted by molar-refractivity contribution is 6.29. The Hall–Kier alpha value is -2.08. The molecule has 0 aliphatic rings. The molecular weight excluding hydrogens is 286 g/mol. The minimum Gasteiger partial charge on any atom is -0.266 e. The number of halogens is 3. The molecular formula is C13H9ClF2N4. The first-order valence-corrected chi connectivity index (χ1v) is 6.23. The first-order chi connectivity index (χ1) is 9.61. The monoisotopic (exact) mass is 294 g/mol. The molecule has 0 N–H and O–H groups in total. The van der Waals surface area contributed by atoms with Crippen molar-refractivity contribution in [3.63, 3.8) is 0 Å². The van der Waals surface area contributed by atoms with E-state index in [-0.39, 0.29) is 0 Å². The van der Waals surface area contributed by atoms with E-state index in [0.717, 1.165) is 11.1 Å². The van der Waals surface area contributed by atoms with Crippen LogP contribution in [0.1, 0.15) is 0 Å². The van der Waals surface area contributed by atoms with Crippen LogP contribution in [0.2, 0.25) is 5.15 Å². The van der Waals surface area contributed by atoms with Gasteiger partial charge in [0, 0.05) is 23.5 Å². The van der Waals surface area contributed by atoms with Crippen molar-refractivity contribution in [2.24, 2.45) is 0 Å². The lowest BCUT2D eigenvalue weighted by molar-refractivity contribution is 0.122. The van der Waals surface area contributed by atoms with Gasteiger partial charge in [-0.2, -0.15) is 5.10 Å². The zero-order chi connectivity index (χ0) is 14.1. The maximum Gasteiger partial charge on any atom is 0.257 e. The van der Waals surface area contributed by atoms with Crippen molar-refractivity contribution >= 4 is 22.6 Å². The lowest BCUT2D eigenvalue weighted by Crippen LogP contribution is -2.06. The fourth-order valence-electron chi connectivity index (χ4n) is 1.89. The van der Waals surface area contributed by atoms with Gasteiger partial charge in [0.2, 0.25) is 0 Å². The Morgan fingerprint density at radius 3 is 2.80 bits per heavy atom. The van der Waals surface area contributed by atoms with Crippen LogP contribution in [0.15, 0.2) is 36.8 Å². The van der Waals surface area contributed by atoms with Crippen LogP contribution in [-0.4, -0.2) is 26.2 Å². The molecule has 0 fully saturated rings.